The van der Waals surface area contributed by atoms with Gasteiger partial charge in [0, 0.05) is 22.1 Å². The van der Waals surface area contributed by atoms with E-state index in [4.69, 9.17) is 4.42 Å². The third-order valence-corrected chi connectivity index (χ3v) is 5.36. The van der Waals surface area contributed by atoms with Crippen molar-refractivity contribution in [3.63, 3.8) is 0 Å². The fourth-order valence-corrected chi connectivity index (χ4v) is 4.60. The summed E-state index contributed by atoms with van der Waals surface area (Å²) in [6.45, 7) is 0. The topological polar surface area (TPSA) is 68.3 Å². The van der Waals surface area contributed by atoms with Crippen molar-refractivity contribution in [2.24, 2.45) is 0 Å². The number of nitrogens with zero attached hydrogens (tertiary/aromatic N) is 1. The Bertz CT molecular complexity index is 629. The van der Waals surface area contributed by atoms with Crippen LogP contribution in [0.15, 0.2) is 38.4 Å². The van der Waals surface area contributed by atoms with Gasteiger partial charge < -0.3 is 9.73 Å². The van der Waals surface area contributed by atoms with Gasteiger partial charge in [0.25, 0.3) is 0 Å². The molecule has 6 heteroatoms. The second-order valence-corrected chi connectivity index (χ2v) is 6.43. The Morgan fingerprint density at radius 3 is 3.00 bits per heavy atom. The zero-order valence-corrected chi connectivity index (χ0v) is 11.7. The van der Waals surface area contributed by atoms with Gasteiger partial charge in [-0.05, 0) is 37.3 Å². The van der Waals surface area contributed by atoms with E-state index in [1.54, 1.807) is 6.07 Å². The van der Waals surface area contributed by atoms with Crippen molar-refractivity contribution in [3.05, 3.63) is 49.9 Å². The molecule has 1 atom stereocenters. The molecule has 0 saturated heterocycles. The minimum absolute atomic E-state index is 0.102. The minimum atomic E-state index is -0.467. The first-order chi connectivity index (χ1) is 9.74. The van der Waals surface area contributed by atoms with Gasteiger partial charge in [-0.15, -0.1) is 11.8 Å². The van der Waals surface area contributed by atoms with Gasteiger partial charge in [-0.3, -0.25) is 10.1 Å². The lowest BCUT2D eigenvalue weighted by atomic mass is 9.90. The molecule has 1 N–H and O–H groups in total. The average molecular weight is 290 g/mol. The molecule has 3 aliphatic rings. The molecular formula is C14H14N2O3S. The molecule has 3 heterocycles. The Labute approximate surface area is 120 Å². The fraction of sp³-hybridized carbons (Fsp3) is 0.429. The number of nitrogens with one attached hydrogen (secondary N) is 1. The van der Waals surface area contributed by atoms with Gasteiger partial charge in [0.05, 0.1) is 12.0 Å². The Morgan fingerprint density at radius 2 is 2.20 bits per heavy atom. The van der Waals surface area contributed by atoms with Crippen LogP contribution in [0.1, 0.15) is 37.4 Å². The SMILES string of the molecule is O=[N+]([O-])c1ccc(C2C3=C(CCC3)NC3=C2SCC3)o1. The molecule has 0 aromatic carbocycles. The van der Waals surface area contributed by atoms with Crippen LogP contribution in [0.3, 0.4) is 0 Å². The van der Waals surface area contributed by atoms with E-state index in [1.165, 1.54) is 27.9 Å². The Kier molecular flexibility index (Phi) is 2.66. The zero-order chi connectivity index (χ0) is 13.7. The number of furan rings is 1. The highest BCUT2D eigenvalue weighted by molar-refractivity contribution is 8.03. The first-order valence-electron chi connectivity index (χ1n) is 6.83. The molecule has 0 bridgehead atoms. The van der Waals surface area contributed by atoms with Crippen LogP contribution in [0.4, 0.5) is 5.88 Å². The summed E-state index contributed by atoms with van der Waals surface area (Å²) in [6.07, 6.45) is 4.34. The van der Waals surface area contributed by atoms with Crippen LogP contribution in [0.2, 0.25) is 0 Å². The quantitative estimate of drug-likeness (QED) is 0.665. The van der Waals surface area contributed by atoms with E-state index in [9.17, 15) is 10.1 Å². The summed E-state index contributed by atoms with van der Waals surface area (Å²) in [5, 5.41) is 14.4. The lowest BCUT2D eigenvalue weighted by molar-refractivity contribution is -0.402. The summed E-state index contributed by atoms with van der Waals surface area (Å²) < 4.78 is 5.49. The molecular weight excluding hydrogens is 276 g/mol. The molecule has 104 valence electrons. The van der Waals surface area contributed by atoms with E-state index >= 15 is 0 Å². The van der Waals surface area contributed by atoms with Gasteiger partial charge >= 0.3 is 5.88 Å². The summed E-state index contributed by atoms with van der Waals surface area (Å²) in [4.78, 5) is 11.7. The molecule has 1 aliphatic carbocycles. The van der Waals surface area contributed by atoms with E-state index < -0.39 is 4.92 Å². The molecule has 20 heavy (non-hydrogen) atoms. The van der Waals surface area contributed by atoms with Crippen molar-refractivity contribution in [3.8, 4) is 0 Å². The van der Waals surface area contributed by atoms with Crippen molar-refractivity contribution < 1.29 is 9.34 Å². The number of nitro groups is 1. The van der Waals surface area contributed by atoms with E-state index in [2.05, 4.69) is 5.32 Å². The van der Waals surface area contributed by atoms with Crippen LogP contribution in [0, 0.1) is 10.1 Å². The normalized spacial score (nSPS) is 24.7. The molecule has 0 fully saturated rings. The van der Waals surface area contributed by atoms with Crippen molar-refractivity contribution in [2.45, 2.75) is 31.6 Å². The number of hydrogen-bond acceptors (Lipinski definition) is 5. The Hall–Kier alpha value is -1.69. The molecule has 0 spiro atoms. The van der Waals surface area contributed by atoms with E-state index in [1.807, 2.05) is 11.8 Å². The summed E-state index contributed by atoms with van der Waals surface area (Å²) in [5.74, 6) is 1.74. The van der Waals surface area contributed by atoms with Crippen LogP contribution >= 0.6 is 11.8 Å². The van der Waals surface area contributed by atoms with Crippen molar-refractivity contribution in [1.82, 2.24) is 5.32 Å². The van der Waals surface area contributed by atoms with Gasteiger partial charge in [0.1, 0.15) is 10.7 Å². The Morgan fingerprint density at radius 1 is 1.30 bits per heavy atom. The third-order valence-electron chi connectivity index (χ3n) is 4.16. The molecule has 0 radical (unpaired) electrons. The molecule has 5 nitrogen and oxygen atoms in total. The molecule has 1 aromatic rings. The standard InChI is InChI=1S/C14H14N2O3S/c17-16(18)12-5-4-11(19-12)13-8-2-1-3-9(8)15-10-6-7-20-14(10)13/h4-5,13,15H,1-3,6-7H2. The predicted octanol–water partition coefficient (Wildman–Crippen LogP) is 3.66. The van der Waals surface area contributed by atoms with Crippen LogP contribution < -0.4 is 5.32 Å². The molecule has 0 saturated carbocycles. The van der Waals surface area contributed by atoms with E-state index in [0.717, 1.165) is 37.2 Å². The first kappa shape index (κ1) is 12.1. The monoisotopic (exact) mass is 290 g/mol. The Balaban J connectivity index is 1.79. The number of hydrogen-bond donors (Lipinski definition) is 1. The van der Waals surface area contributed by atoms with Gasteiger partial charge in [0.15, 0.2) is 0 Å². The van der Waals surface area contributed by atoms with Gasteiger partial charge in [0.2, 0.25) is 0 Å². The maximum Gasteiger partial charge on any atom is 0.433 e. The average Bonchev–Trinajstić information content (AvgIpc) is 3.15. The number of thioether (sulfide) groups is 1. The minimum Gasteiger partial charge on any atom is -0.405 e. The highest BCUT2D eigenvalue weighted by Crippen LogP contribution is 2.51. The molecule has 1 unspecified atom stereocenters. The number of rotatable bonds is 2. The maximum absolute atomic E-state index is 10.8. The second kappa shape index (κ2) is 4.41. The van der Waals surface area contributed by atoms with E-state index in [0.29, 0.717) is 0 Å². The fourth-order valence-electron chi connectivity index (χ4n) is 3.32. The summed E-state index contributed by atoms with van der Waals surface area (Å²) in [7, 11) is 0. The number of dihydropyridines is 1. The highest BCUT2D eigenvalue weighted by atomic mass is 32.2. The summed E-state index contributed by atoms with van der Waals surface area (Å²) in [5.41, 5.74) is 3.97. The largest absolute Gasteiger partial charge is 0.433 e. The second-order valence-electron chi connectivity index (χ2n) is 5.29. The van der Waals surface area contributed by atoms with Gasteiger partial charge in [-0.25, -0.2) is 0 Å². The lowest BCUT2D eigenvalue weighted by Gasteiger charge is -2.26. The predicted molar refractivity (Wildman–Crippen MR) is 76.2 cm³/mol. The number of allylic oxidation sites excluding steroid dienone is 4. The zero-order valence-electron chi connectivity index (χ0n) is 10.8. The van der Waals surface area contributed by atoms with Crippen LogP contribution in [-0.2, 0) is 0 Å². The van der Waals surface area contributed by atoms with Crippen molar-refractivity contribution in [2.75, 3.05) is 5.75 Å². The smallest absolute Gasteiger partial charge is 0.405 e. The maximum atomic E-state index is 10.8. The van der Waals surface area contributed by atoms with Crippen LogP contribution in [0.5, 0.6) is 0 Å². The van der Waals surface area contributed by atoms with Gasteiger partial charge in [-0.2, -0.15) is 0 Å². The first-order valence-corrected chi connectivity index (χ1v) is 7.81. The van der Waals surface area contributed by atoms with Crippen LogP contribution in [-0.4, -0.2) is 10.7 Å². The van der Waals surface area contributed by atoms with E-state index in [-0.39, 0.29) is 11.8 Å². The molecule has 2 aliphatic heterocycles. The molecule has 1 aromatic heterocycles. The lowest BCUT2D eigenvalue weighted by Crippen LogP contribution is -2.21. The molecule has 0 amide bonds. The van der Waals surface area contributed by atoms with Crippen molar-refractivity contribution >= 4 is 17.6 Å². The summed E-state index contributed by atoms with van der Waals surface area (Å²) in [6, 6.07) is 3.23. The van der Waals surface area contributed by atoms with Gasteiger partial charge in [-0.1, -0.05) is 0 Å². The molecule has 4 rings (SSSR count). The van der Waals surface area contributed by atoms with Crippen molar-refractivity contribution in [1.29, 1.82) is 0 Å². The van der Waals surface area contributed by atoms with Crippen LogP contribution in [0.25, 0.3) is 0 Å². The third kappa shape index (κ3) is 1.71. The highest BCUT2D eigenvalue weighted by Gasteiger charge is 2.37. The summed E-state index contributed by atoms with van der Waals surface area (Å²) >= 11 is 1.85.